The number of aromatic carboxylic acids is 3. The van der Waals surface area contributed by atoms with Crippen molar-refractivity contribution in [2.24, 2.45) is 0 Å². The smallest absolute Gasteiger partial charge is 0.545 e. The predicted octanol–water partition coefficient (Wildman–Crippen LogP) is 10.2. The Balaban J connectivity index is 0.000000312. The van der Waals surface area contributed by atoms with Crippen molar-refractivity contribution in [1.29, 1.82) is 0 Å². The molecule has 9 aromatic rings. The van der Waals surface area contributed by atoms with Gasteiger partial charge in [0.15, 0.2) is 0 Å². The summed E-state index contributed by atoms with van der Waals surface area (Å²) in [5, 5.41) is 49.8. The van der Waals surface area contributed by atoms with Gasteiger partial charge in [0.1, 0.15) is 0 Å². The maximum Gasteiger partial charge on any atom is 3.00 e. The molecule has 0 aliphatic carbocycles. The van der Waals surface area contributed by atoms with E-state index in [1.54, 1.807) is 0 Å². The fourth-order valence-corrected chi connectivity index (χ4v) is 17.4. The van der Waals surface area contributed by atoms with Crippen LogP contribution in [-0.4, -0.2) is 62.5 Å². The largest absolute Gasteiger partial charge is 3.00 e. The second-order valence-electron chi connectivity index (χ2n) is 28.9. The van der Waals surface area contributed by atoms with E-state index >= 15 is 0 Å². The zero-order valence-corrected chi connectivity index (χ0v) is 69.0. The van der Waals surface area contributed by atoms with Crippen LogP contribution in [0, 0.1) is 246 Å². The molecule has 12 heteroatoms. The number of aliphatic hydroxyl groups is 2. The monoisotopic (exact) mass is 1500 g/mol. The summed E-state index contributed by atoms with van der Waals surface area (Å²) in [5.41, 5.74) is 46.4. The fourth-order valence-electron chi connectivity index (χ4n) is 17.4. The van der Waals surface area contributed by atoms with Crippen molar-refractivity contribution in [3.05, 3.63) is 256 Å². The van der Waals surface area contributed by atoms with Gasteiger partial charge in [-0.3, -0.25) is 0 Å². The standard InChI is InChI=1S/3C29H35BO2.2CH4O.Tb/c3*1-15-11-17(3)26(18(4)12-15)30(27-19(5)13-16(2)14-20(27)6)28-23(9)21(7)25(29(31)32)22(8)24(28)10;2*1-2;/h3*11-14H,1-10H3,(H,31,32);2*2H,1H3;/q;;;;;+3/p-3. The molecule has 101 heavy (non-hydrogen) atoms. The van der Waals surface area contributed by atoms with Gasteiger partial charge in [-0.15, -0.1) is 0 Å². The first kappa shape index (κ1) is 86.2. The van der Waals surface area contributed by atoms with Gasteiger partial charge in [-0.25, -0.2) is 0 Å². The Labute approximate surface area is 639 Å². The molecule has 9 rings (SSSR count). The van der Waals surface area contributed by atoms with Crippen LogP contribution in [0.1, 0.15) is 198 Å². The van der Waals surface area contributed by atoms with Crippen LogP contribution in [0.4, 0.5) is 0 Å². The molecule has 0 aliphatic heterocycles. The first-order valence-corrected chi connectivity index (χ1v) is 34.9. The van der Waals surface area contributed by atoms with E-state index in [0.29, 0.717) is 16.7 Å². The van der Waals surface area contributed by atoms with Gasteiger partial charge in [0.2, 0.25) is 20.1 Å². The summed E-state index contributed by atoms with van der Waals surface area (Å²) < 4.78 is 0. The second kappa shape index (κ2) is 35.3. The zero-order valence-electron chi connectivity index (χ0n) is 66.8. The molecule has 532 valence electrons. The Morgan fingerprint density at radius 1 is 0.208 bits per heavy atom. The second-order valence-corrected chi connectivity index (χ2v) is 28.9. The van der Waals surface area contributed by atoms with E-state index in [-0.39, 0.29) is 58.7 Å². The van der Waals surface area contributed by atoms with E-state index in [2.05, 4.69) is 239 Å². The molecule has 0 spiro atoms. The van der Waals surface area contributed by atoms with Crippen molar-refractivity contribution in [2.75, 3.05) is 14.2 Å². The minimum Gasteiger partial charge on any atom is -0.545 e. The number of rotatable bonds is 12. The Kier molecular flexibility index (Phi) is 30.1. The summed E-state index contributed by atoms with van der Waals surface area (Å²) in [5.74, 6) is -3.29. The maximum atomic E-state index is 11.9. The van der Waals surface area contributed by atoms with Gasteiger partial charge in [0, 0.05) is 30.9 Å². The van der Waals surface area contributed by atoms with Gasteiger partial charge >= 0.3 is 38.6 Å². The van der Waals surface area contributed by atoms with Crippen molar-refractivity contribution < 1.29 is 78.5 Å². The summed E-state index contributed by atoms with van der Waals surface area (Å²) in [4.78, 5) is 35.8. The minimum absolute atomic E-state index is 0. The van der Waals surface area contributed by atoms with Gasteiger partial charge in [-0.05, 0) is 241 Å². The third kappa shape index (κ3) is 17.5. The summed E-state index contributed by atoms with van der Waals surface area (Å²) in [6.45, 7) is 63.1. The van der Waals surface area contributed by atoms with Crippen LogP contribution in [0.2, 0.25) is 0 Å². The van der Waals surface area contributed by atoms with Crippen LogP contribution in [0.25, 0.3) is 0 Å². The van der Waals surface area contributed by atoms with Crippen molar-refractivity contribution in [1.82, 2.24) is 0 Å². The fraction of sp³-hybridized carbons (Fsp3) is 0.360. The number of aliphatic hydroxyl groups excluding tert-OH is 2. The van der Waals surface area contributed by atoms with Crippen molar-refractivity contribution in [3.8, 4) is 0 Å². The summed E-state index contributed by atoms with van der Waals surface area (Å²) in [7, 11) is 2.00. The minimum atomic E-state index is -1.10. The topological polar surface area (TPSA) is 161 Å². The molecule has 9 aromatic carbocycles. The van der Waals surface area contributed by atoms with E-state index < -0.39 is 17.9 Å². The molecule has 0 atom stereocenters. The number of hydrogen-bond donors (Lipinski definition) is 2. The van der Waals surface area contributed by atoms with Crippen LogP contribution >= 0.6 is 0 Å². The molecule has 0 aromatic heterocycles. The maximum absolute atomic E-state index is 11.9. The SMILES string of the molecule is CO.CO.Cc1cc(C)c(B(c2c(C)cc(C)cc2C)c2c(C)c(C)c(C(=O)[O-])c(C)c2C)c(C)c1.Cc1cc(C)c(B(c2c(C)cc(C)cc2C)c2c(C)c(C)c(C(=O)[O-])c(C)c2C)c(C)c1.Cc1cc(C)c(B(c2c(C)cc(C)cc2C)c2c(C)c(C)c(C(=O)[O-])c(C)c2C)c(C)c1.[Tb+3]. The van der Waals surface area contributed by atoms with E-state index in [1.807, 2.05) is 41.5 Å². The van der Waals surface area contributed by atoms with E-state index in [9.17, 15) is 29.7 Å². The average molecular weight is 1500 g/mol. The predicted molar refractivity (Wildman–Crippen MR) is 423 cm³/mol. The zero-order chi connectivity index (χ0) is 76.2. The molecule has 0 saturated carbocycles. The van der Waals surface area contributed by atoms with E-state index in [0.717, 1.165) is 81.0 Å². The van der Waals surface area contributed by atoms with Crippen molar-refractivity contribution in [2.45, 2.75) is 208 Å². The van der Waals surface area contributed by atoms with E-state index in [1.165, 1.54) is 149 Å². The molecular weight excluding hydrogens is 1390 g/mol. The summed E-state index contributed by atoms with van der Waals surface area (Å²) in [6, 6.07) is 27.1. The summed E-state index contributed by atoms with van der Waals surface area (Å²) in [6.07, 6.45) is 0. The number of benzene rings is 9. The molecule has 0 aliphatic rings. The van der Waals surface area contributed by atoms with Crippen molar-refractivity contribution >= 4 is 87.2 Å². The van der Waals surface area contributed by atoms with Gasteiger partial charge in [-0.2, -0.15) is 0 Å². The molecular formula is C89H110B3O8Tb. The first-order chi connectivity index (χ1) is 46.6. The Hall–Kier alpha value is -7.21. The van der Waals surface area contributed by atoms with E-state index in [4.69, 9.17) is 10.2 Å². The number of hydrogen-bond acceptors (Lipinski definition) is 8. The number of aryl methyl sites for hydroxylation is 18. The van der Waals surface area contributed by atoms with Crippen LogP contribution in [-0.2, 0) is 0 Å². The number of carboxylic acid groups (broad SMARTS) is 3. The normalized spacial score (nSPS) is 10.6. The van der Waals surface area contributed by atoms with Gasteiger partial charge in [0.25, 0.3) is 0 Å². The van der Waals surface area contributed by atoms with Crippen LogP contribution in [0.15, 0.2) is 72.8 Å². The van der Waals surface area contributed by atoms with Crippen LogP contribution < -0.4 is 64.5 Å². The molecule has 0 saturated heterocycles. The third-order valence-electron chi connectivity index (χ3n) is 21.7. The molecule has 8 nitrogen and oxygen atoms in total. The first-order valence-electron chi connectivity index (χ1n) is 34.9. The molecule has 0 radical (unpaired) electrons. The quantitative estimate of drug-likeness (QED) is 0.114. The Morgan fingerprint density at radius 2 is 0.307 bits per heavy atom. The number of carboxylic acids is 3. The van der Waals surface area contributed by atoms with Gasteiger partial charge in [0.05, 0.1) is 17.9 Å². The van der Waals surface area contributed by atoms with Crippen LogP contribution in [0.5, 0.6) is 0 Å². The van der Waals surface area contributed by atoms with Gasteiger partial charge in [-0.1, -0.05) is 255 Å². The van der Waals surface area contributed by atoms with Crippen LogP contribution in [0.3, 0.4) is 0 Å². The molecule has 0 amide bonds. The molecule has 0 bridgehead atoms. The Morgan fingerprint density at radius 3 is 0.396 bits per heavy atom. The molecule has 0 unspecified atom stereocenters. The molecule has 2 N–H and O–H groups in total. The Bertz CT molecular complexity index is 3840. The summed E-state index contributed by atoms with van der Waals surface area (Å²) >= 11 is 0. The van der Waals surface area contributed by atoms with Crippen molar-refractivity contribution in [3.63, 3.8) is 0 Å². The molecule has 0 heterocycles. The number of carbonyl (C=O) groups excluding carboxylic acids is 3. The average Bonchev–Trinajstić information content (AvgIpc) is 0.753. The molecule has 0 fully saturated rings. The van der Waals surface area contributed by atoms with Gasteiger partial charge < -0.3 is 39.9 Å². The third-order valence-corrected chi connectivity index (χ3v) is 21.7. The number of carbonyl (C=O) groups is 3.